The average Bonchev–Trinajstić information content (AvgIpc) is 2.22. The van der Waals surface area contributed by atoms with Crippen LogP contribution >= 0.6 is 0 Å². The third-order valence-electron chi connectivity index (χ3n) is 2.18. The first-order chi connectivity index (χ1) is 4.21. The van der Waals surface area contributed by atoms with E-state index in [-0.39, 0.29) is 5.92 Å². The predicted molar refractivity (Wildman–Crippen MR) is 29.0 cm³/mol. The van der Waals surface area contributed by atoms with Gasteiger partial charge in [0.15, 0.2) is 5.67 Å². The summed E-state index contributed by atoms with van der Waals surface area (Å²) in [7, 11) is 0. The lowest BCUT2D eigenvalue weighted by Crippen LogP contribution is -2.15. The molecule has 0 saturated heterocycles. The van der Waals surface area contributed by atoms with E-state index in [2.05, 4.69) is 6.08 Å². The van der Waals surface area contributed by atoms with Gasteiger partial charge in [-0.15, -0.1) is 0 Å². The van der Waals surface area contributed by atoms with E-state index >= 15 is 0 Å². The molecule has 0 amide bonds. The van der Waals surface area contributed by atoms with E-state index in [0.717, 1.165) is 6.42 Å². The van der Waals surface area contributed by atoms with E-state index in [4.69, 9.17) is 0 Å². The van der Waals surface area contributed by atoms with Crippen molar-refractivity contribution in [2.24, 2.45) is 5.92 Å². The van der Waals surface area contributed by atoms with Crippen molar-refractivity contribution in [1.29, 1.82) is 0 Å². The summed E-state index contributed by atoms with van der Waals surface area (Å²) in [6, 6.07) is 0. The SMILES string of the molecule is FC1=[C]C2CCC1(F)C2. The predicted octanol–water partition coefficient (Wildman–Crippen LogP) is 2.16. The second kappa shape index (κ2) is 1.36. The number of hydrogen-bond acceptors (Lipinski definition) is 0. The Morgan fingerprint density at radius 3 is 2.67 bits per heavy atom. The van der Waals surface area contributed by atoms with Gasteiger partial charge in [0, 0.05) is 0 Å². The highest BCUT2D eigenvalue weighted by atomic mass is 19.2. The summed E-state index contributed by atoms with van der Waals surface area (Å²) >= 11 is 0. The standard InChI is InChI=1S/C7H7F2/c8-6-3-5-1-2-7(6,9)4-5/h5H,1-2,4H2. The summed E-state index contributed by atoms with van der Waals surface area (Å²) in [5.41, 5.74) is -1.59. The maximum absolute atomic E-state index is 13.0. The Morgan fingerprint density at radius 2 is 2.44 bits per heavy atom. The summed E-state index contributed by atoms with van der Waals surface area (Å²) in [5, 5.41) is 0. The summed E-state index contributed by atoms with van der Waals surface area (Å²) in [5.74, 6) is -0.561. The summed E-state index contributed by atoms with van der Waals surface area (Å²) in [4.78, 5) is 0. The van der Waals surface area contributed by atoms with Gasteiger partial charge in [0.1, 0.15) is 5.83 Å². The molecule has 2 aliphatic carbocycles. The van der Waals surface area contributed by atoms with Crippen LogP contribution in [0.15, 0.2) is 5.83 Å². The van der Waals surface area contributed by atoms with Crippen molar-refractivity contribution in [1.82, 2.24) is 0 Å². The first-order valence-corrected chi connectivity index (χ1v) is 3.19. The van der Waals surface area contributed by atoms with Crippen LogP contribution in [-0.2, 0) is 0 Å². The van der Waals surface area contributed by atoms with Crippen LogP contribution in [0.3, 0.4) is 0 Å². The highest BCUT2D eigenvalue weighted by Crippen LogP contribution is 2.49. The zero-order valence-corrected chi connectivity index (χ0v) is 4.95. The van der Waals surface area contributed by atoms with Gasteiger partial charge < -0.3 is 0 Å². The molecule has 2 bridgehead atoms. The van der Waals surface area contributed by atoms with Gasteiger partial charge in [0.05, 0.1) is 0 Å². The normalized spacial score (nSPS) is 47.8. The van der Waals surface area contributed by atoms with Gasteiger partial charge in [0.25, 0.3) is 0 Å². The van der Waals surface area contributed by atoms with E-state index in [1.807, 2.05) is 0 Å². The lowest BCUT2D eigenvalue weighted by Gasteiger charge is -2.12. The van der Waals surface area contributed by atoms with E-state index in [0.29, 0.717) is 12.8 Å². The molecule has 0 aliphatic heterocycles. The molecule has 0 aromatic carbocycles. The molecule has 0 aromatic heterocycles. The number of hydrogen-bond donors (Lipinski definition) is 0. The molecule has 0 spiro atoms. The van der Waals surface area contributed by atoms with Crippen LogP contribution in [0.25, 0.3) is 0 Å². The van der Waals surface area contributed by atoms with Gasteiger partial charge in [0.2, 0.25) is 0 Å². The Labute approximate surface area is 52.6 Å². The number of allylic oxidation sites excluding steroid dienone is 2. The monoisotopic (exact) mass is 129 g/mol. The van der Waals surface area contributed by atoms with E-state index in [1.165, 1.54) is 0 Å². The van der Waals surface area contributed by atoms with Crippen LogP contribution in [0.4, 0.5) is 8.78 Å². The molecule has 2 aliphatic rings. The smallest absolute Gasteiger partial charge is 0.162 e. The van der Waals surface area contributed by atoms with Crippen LogP contribution in [0.1, 0.15) is 19.3 Å². The first kappa shape index (κ1) is 5.39. The van der Waals surface area contributed by atoms with Gasteiger partial charge in [-0.3, -0.25) is 0 Å². The van der Waals surface area contributed by atoms with Crippen molar-refractivity contribution in [3.63, 3.8) is 0 Å². The Bertz CT molecular complexity index is 174. The van der Waals surface area contributed by atoms with Crippen molar-refractivity contribution in [2.45, 2.75) is 24.9 Å². The molecule has 1 fully saturated rings. The summed E-state index contributed by atoms with van der Waals surface area (Å²) in [6.45, 7) is 0. The van der Waals surface area contributed by atoms with E-state index in [9.17, 15) is 8.78 Å². The van der Waals surface area contributed by atoms with Crippen LogP contribution in [0.5, 0.6) is 0 Å². The fourth-order valence-electron chi connectivity index (χ4n) is 1.63. The van der Waals surface area contributed by atoms with Gasteiger partial charge in [-0.05, 0) is 31.3 Å². The fraction of sp³-hybridized carbons (Fsp3) is 0.714. The molecule has 0 N–H and O–H groups in total. The van der Waals surface area contributed by atoms with Crippen molar-refractivity contribution in [2.75, 3.05) is 0 Å². The Hall–Kier alpha value is -0.400. The second-order valence-electron chi connectivity index (χ2n) is 2.86. The quantitative estimate of drug-likeness (QED) is 0.470. The summed E-state index contributed by atoms with van der Waals surface area (Å²) < 4.78 is 25.4. The highest BCUT2D eigenvalue weighted by Gasteiger charge is 2.48. The highest BCUT2D eigenvalue weighted by molar-refractivity contribution is 5.19. The molecular weight excluding hydrogens is 122 g/mol. The van der Waals surface area contributed by atoms with Crippen LogP contribution < -0.4 is 0 Å². The third kappa shape index (κ3) is 0.562. The van der Waals surface area contributed by atoms with Crippen molar-refractivity contribution >= 4 is 0 Å². The molecule has 2 atom stereocenters. The lowest BCUT2D eigenvalue weighted by atomic mass is 10.0. The molecule has 2 rings (SSSR count). The maximum Gasteiger partial charge on any atom is 0.162 e. The molecule has 1 saturated carbocycles. The minimum Gasteiger partial charge on any atom is -0.236 e. The van der Waals surface area contributed by atoms with Crippen LogP contribution in [0.2, 0.25) is 0 Å². The van der Waals surface area contributed by atoms with Crippen molar-refractivity contribution in [3.05, 3.63) is 11.9 Å². The summed E-state index contributed by atoms with van der Waals surface area (Å²) in [6.07, 6.45) is 3.97. The number of rotatable bonds is 0. The molecule has 0 aromatic rings. The van der Waals surface area contributed by atoms with Gasteiger partial charge >= 0.3 is 0 Å². The average molecular weight is 129 g/mol. The van der Waals surface area contributed by atoms with E-state index < -0.39 is 11.5 Å². The lowest BCUT2D eigenvalue weighted by molar-refractivity contribution is 0.190. The molecule has 2 unspecified atom stereocenters. The van der Waals surface area contributed by atoms with Gasteiger partial charge in [-0.1, -0.05) is 0 Å². The topological polar surface area (TPSA) is 0 Å². The zero-order chi connectivity index (χ0) is 6.48. The minimum atomic E-state index is -1.59. The fourth-order valence-corrected chi connectivity index (χ4v) is 1.63. The Kier molecular flexibility index (Phi) is 0.815. The zero-order valence-electron chi connectivity index (χ0n) is 4.95. The number of halogens is 2. The van der Waals surface area contributed by atoms with Crippen LogP contribution in [0, 0.1) is 12.0 Å². The Balaban J connectivity index is 2.37. The molecule has 0 heterocycles. The Morgan fingerprint density at radius 1 is 1.67 bits per heavy atom. The molecule has 9 heavy (non-hydrogen) atoms. The minimum absolute atomic E-state index is 0.0787. The molecular formula is C7H7F2. The third-order valence-corrected chi connectivity index (χ3v) is 2.18. The molecule has 1 radical (unpaired) electrons. The molecule has 49 valence electrons. The first-order valence-electron chi connectivity index (χ1n) is 3.19. The maximum atomic E-state index is 13.0. The molecule has 0 nitrogen and oxygen atoms in total. The number of fused-ring (bicyclic) bond motifs is 2. The van der Waals surface area contributed by atoms with E-state index in [1.54, 1.807) is 0 Å². The second-order valence-corrected chi connectivity index (χ2v) is 2.86. The molecule has 2 heteroatoms. The van der Waals surface area contributed by atoms with Gasteiger partial charge in [-0.25, -0.2) is 8.78 Å². The van der Waals surface area contributed by atoms with Crippen LogP contribution in [-0.4, -0.2) is 5.67 Å². The van der Waals surface area contributed by atoms with Crippen molar-refractivity contribution in [3.8, 4) is 0 Å². The number of alkyl halides is 1. The van der Waals surface area contributed by atoms with Crippen molar-refractivity contribution < 1.29 is 8.78 Å². The largest absolute Gasteiger partial charge is 0.236 e. The van der Waals surface area contributed by atoms with Gasteiger partial charge in [-0.2, -0.15) is 0 Å².